The molecule has 1 aromatic heterocycles. The zero-order valence-corrected chi connectivity index (χ0v) is 6.60. The summed E-state index contributed by atoms with van der Waals surface area (Å²) in [5.74, 6) is -1.85. The highest BCUT2D eigenvalue weighted by atomic mass is 16.4. The van der Waals surface area contributed by atoms with Crippen molar-refractivity contribution in [2.45, 2.75) is 6.42 Å². The summed E-state index contributed by atoms with van der Waals surface area (Å²) in [7, 11) is 0. The van der Waals surface area contributed by atoms with E-state index in [2.05, 4.69) is 9.97 Å². The van der Waals surface area contributed by atoms with Crippen molar-refractivity contribution in [3.05, 3.63) is 23.8 Å². The summed E-state index contributed by atoms with van der Waals surface area (Å²) in [6, 6.07) is 0. The van der Waals surface area contributed by atoms with Crippen molar-refractivity contribution in [1.29, 1.82) is 0 Å². The Bertz CT molecular complexity index is 351. The molecule has 0 spiro atoms. The van der Waals surface area contributed by atoms with E-state index in [0.29, 0.717) is 0 Å². The fraction of sp³-hybridized carbons (Fsp3) is 0.143. The van der Waals surface area contributed by atoms with Gasteiger partial charge >= 0.3 is 5.97 Å². The highest BCUT2D eigenvalue weighted by molar-refractivity contribution is 5.92. The Labute approximate surface area is 73.4 Å². The Hall–Kier alpha value is -1.98. The summed E-state index contributed by atoms with van der Waals surface area (Å²) in [5.41, 5.74) is 4.95. The maximum Gasteiger partial charge on any atom is 0.309 e. The fourth-order valence-corrected chi connectivity index (χ4v) is 0.845. The SMILES string of the molecule is NC(=O)c1nccnc1CC(=O)O. The van der Waals surface area contributed by atoms with Gasteiger partial charge in [0, 0.05) is 12.4 Å². The van der Waals surface area contributed by atoms with Crippen LogP contribution < -0.4 is 5.73 Å². The van der Waals surface area contributed by atoms with E-state index in [0.717, 1.165) is 0 Å². The van der Waals surface area contributed by atoms with E-state index in [9.17, 15) is 9.59 Å². The average molecular weight is 181 g/mol. The van der Waals surface area contributed by atoms with Crippen LogP contribution >= 0.6 is 0 Å². The molecule has 1 aromatic rings. The number of carbonyl (C=O) groups excluding carboxylic acids is 1. The topological polar surface area (TPSA) is 106 Å². The lowest BCUT2D eigenvalue weighted by Crippen LogP contribution is -2.18. The van der Waals surface area contributed by atoms with Gasteiger partial charge in [-0.15, -0.1) is 0 Å². The molecule has 6 heteroatoms. The Kier molecular flexibility index (Phi) is 2.53. The van der Waals surface area contributed by atoms with Crippen molar-refractivity contribution in [3.63, 3.8) is 0 Å². The molecular weight excluding hydrogens is 174 g/mol. The third-order valence-corrected chi connectivity index (χ3v) is 1.33. The lowest BCUT2D eigenvalue weighted by molar-refractivity contribution is -0.136. The van der Waals surface area contributed by atoms with Crippen LogP contribution in [-0.2, 0) is 11.2 Å². The number of aliphatic carboxylic acids is 1. The number of primary amides is 1. The number of carboxylic acids is 1. The van der Waals surface area contributed by atoms with Crippen LogP contribution in [0.1, 0.15) is 16.2 Å². The third-order valence-electron chi connectivity index (χ3n) is 1.33. The minimum absolute atomic E-state index is 0.0856. The van der Waals surface area contributed by atoms with E-state index in [1.54, 1.807) is 0 Å². The average Bonchev–Trinajstić information content (AvgIpc) is 2.03. The van der Waals surface area contributed by atoms with Gasteiger partial charge in [-0.25, -0.2) is 4.98 Å². The minimum atomic E-state index is -1.08. The highest BCUT2D eigenvalue weighted by Gasteiger charge is 2.12. The summed E-state index contributed by atoms with van der Waals surface area (Å²) in [6.45, 7) is 0. The largest absolute Gasteiger partial charge is 0.481 e. The molecule has 0 aliphatic rings. The first-order valence-corrected chi connectivity index (χ1v) is 3.42. The number of carboxylic acid groups (broad SMARTS) is 1. The van der Waals surface area contributed by atoms with Gasteiger partial charge in [0.1, 0.15) is 5.69 Å². The first-order chi connectivity index (χ1) is 6.11. The van der Waals surface area contributed by atoms with E-state index in [4.69, 9.17) is 10.8 Å². The first kappa shape index (κ1) is 9.11. The van der Waals surface area contributed by atoms with Crippen molar-refractivity contribution in [2.75, 3.05) is 0 Å². The Morgan fingerprint density at radius 2 is 2.00 bits per heavy atom. The molecule has 0 atom stereocenters. The number of nitrogens with zero attached hydrogens (tertiary/aromatic N) is 2. The van der Waals surface area contributed by atoms with E-state index in [1.807, 2.05) is 0 Å². The van der Waals surface area contributed by atoms with Gasteiger partial charge in [0.05, 0.1) is 12.1 Å². The molecule has 0 aromatic carbocycles. The zero-order chi connectivity index (χ0) is 9.84. The van der Waals surface area contributed by atoms with Crippen LogP contribution in [0, 0.1) is 0 Å². The van der Waals surface area contributed by atoms with Crippen LogP contribution in [0.25, 0.3) is 0 Å². The van der Waals surface area contributed by atoms with Gasteiger partial charge in [0.2, 0.25) is 0 Å². The monoisotopic (exact) mass is 181 g/mol. The molecule has 0 radical (unpaired) electrons. The second-order valence-corrected chi connectivity index (χ2v) is 2.29. The second-order valence-electron chi connectivity index (χ2n) is 2.29. The van der Waals surface area contributed by atoms with Crippen molar-refractivity contribution in [3.8, 4) is 0 Å². The van der Waals surface area contributed by atoms with Gasteiger partial charge in [0.25, 0.3) is 5.91 Å². The molecule has 0 bridgehead atoms. The van der Waals surface area contributed by atoms with Gasteiger partial charge in [-0.1, -0.05) is 0 Å². The molecule has 1 amide bonds. The van der Waals surface area contributed by atoms with Gasteiger partial charge in [0.15, 0.2) is 0 Å². The molecule has 0 unspecified atom stereocenters. The molecule has 1 rings (SSSR count). The van der Waals surface area contributed by atoms with E-state index in [1.165, 1.54) is 12.4 Å². The summed E-state index contributed by atoms with van der Waals surface area (Å²) in [6.07, 6.45) is 2.24. The highest BCUT2D eigenvalue weighted by Crippen LogP contribution is 2.01. The van der Waals surface area contributed by atoms with Gasteiger partial charge in [-0.3, -0.25) is 14.6 Å². The molecule has 13 heavy (non-hydrogen) atoms. The van der Waals surface area contributed by atoms with Crippen LogP contribution in [0.15, 0.2) is 12.4 Å². The minimum Gasteiger partial charge on any atom is -0.481 e. The zero-order valence-electron chi connectivity index (χ0n) is 6.60. The van der Waals surface area contributed by atoms with Crippen LogP contribution in [0.5, 0.6) is 0 Å². The predicted octanol–water partition coefficient (Wildman–Crippen LogP) is -0.797. The summed E-state index contributed by atoms with van der Waals surface area (Å²) in [4.78, 5) is 28.4. The Morgan fingerprint density at radius 1 is 1.38 bits per heavy atom. The molecule has 1 heterocycles. The molecule has 0 aliphatic carbocycles. The summed E-state index contributed by atoms with van der Waals surface area (Å²) in [5, 5.41) is 8.45. The predicted molar refractivity (Wildman–Crippen MR) is 41.9 cm³/mol. The van der Waals surface area contributed by atoms with Crippen LogP contribution in [0.4, 0.5) is 0 Å². The molecule has 0 fully saturated rings. The van der Waals surface area contributed by atoms with E-state index < -0.39 is 11.9 Å². The lowest BCUT2D eigenvalue weighted by atomic mass is 10.2. The molecule has 0 aliphatic heterocycles. The maximum absolute atomic E-state index is 10.7. The molecule has 0 saturated heterocycles. The lowest BCUT2D eigenvalue weighted by Gasteiger charge is -1.99. The third kappa shape index (κ3) is 2.22. The summed E-state index contributed by atoms with van der Waals surface area (Å²) >= 11 is 0. The van der Waals surface area contributed by atoms with Crippen LogP contribution in [0.2, 0.25) is 0 Å². The van der Waals surface area contributed by atoms with Gasteiger partial charge < -0.3 is 10.8 Å². The quantitative estimate of drug-likeness (QED) is 0.635. The van der Waals surface area contributed by atoms with Crippen molar-refractivity contribution >= 4 is 11.9 Å². The number of hydrogen-bond donors (Lipinski definition) is 2. The molecule has 3 N–H and O–H groups in total. The molecule has 6 nitrogen and oxygen atoms in total. The van der Waals surface area contributed by atoms with Crippen molar-refractivity contribution < 1.29 is 14.7 Å². The number of hydrogen-bond acceptors (Lipinski definition) is 4. The number of carbonyl (C=O) groups is 2. The molecule has 68 valence electrons. The second kappa shape index (κ2) is 3.61. The smallest absolute Gasteiger partial charge is 0.309 e. The van der Waals surface area contributed by atoms with Crippen LogP contribution in [-0.4, -0.2) is 27.0 Å². The molecule has 0 saturated carbocycles. The van der Waals surface area contributed by atoms with Crippen molar-refractivity contribution in [1.82, 2.24) is 9.97 Å². The molecular formula is C7H7N3O3. The number of nitrogens with two attached hydrogens (primary N) is 1. The normalized spacial score (nSPS) is 9.54. The fourth-order valence-electron chi connectivity index (χ4n) is 0.845. The first-order valence-electron chi connectivity index (χ1n) is 3.42. The summed E-state index contributed by atoms with van der Waals surface area (Å²) < 4.78 is 0. The maximum atomic E-state index is 10.7. The Balaban J connectivity index is 3.04. The van der Waals surface area contributed by atoms with Crippen molar-refractivity contribution in [2.24, 2.45) is 5.73 Å². The standard InChI is InChI=1S/C7H7N3O3/c8-7(13)6-4(3-5(11)12)9-1-2-10-6/h1-2H,3H2,(H2,8,13)(H,11,12). The Morgan fingerprint density at radius 3 is 2.54 bits per heavy atom. The van der Waals surface area contributed by atoms with E-state index >= 15 is 0 Å². The van der Waals surface area contributed by atoms with Crippen LogP contribution in [0.3, 0.4) is 0 Å². The number of aromatic nitrogens is 2. The number of rotatable bonds is 3. The number of amides is 1. The van der Waals surface area contributed by atoms with E-state index in [-0.39, 0.29) is 17.8 Å². The van der Waals surface area contributed by atoms with Gasteiger partial charge in [-0.05, 0) is 0 Å². The van der Waals surface area contributed by atoms with Gasteiger partial charge in [-0.2, -0.15) is 0 Å².